The monoisotopic (exact) mass is 409 g/mol. The number of hydrogen-bond donors (Lipinski definition) is 0. The van der Waals surface area contributed by atoms with E-state index in [1.165, 1.54) is 11.9 Å². The van der Waals surface area contributed by atoms with Gasteiger partial charge in [-0.15, -0.1) is 5.10 Å². The zero-order valence-electron chi connectivity index (χ0n) is 14.3. The molecule has 1 aliphatic heterocycles. The fraction of sp³-hybridized carbons (Fsp3) is 0.150. The third kappa shape index (κ3) is 2.97. The highest BCUT2D eigenvalue weighted by Crippen LogP contribution is 2.34. The fourth-order valence-electron chi connectivity index (χ4n) is 3.05. The van der Waals surface area contributed by atoms with E-state index in [9.17, 15) is 4.79 Å². The van der Waals surface area contributed by atoms with Crippen LogP contribution < -0.4 is 0 Å². The standard InChI is InChI=1S/C20H16BrN3O2/c1-12-10-17(16-8-3-4-9-18(16)22-12)20-24(13(2)25)23-19(26-20)14-6-5-7-15(21)11-14/h3-11,20H,1-2H3. The Hall–Kier alpha value is -2.73. The predicted octanol–water partition coefficient (Wildman–Crippen LogP) is 4.54. The Bertz CT molecular complexity index is 1050. The molecule has 0 fully saturated rings. The van der Waals surface area contributed by atoms with E-state index in [-0.39, 0.29) is 5.91 Å². The average Bonchev–Trinajstić information content (AvgIpc) is 3.06. The lowest BCUT2D eigenvalue weighted by Crippen LogP contribution is -2.25. The van der Waals surface area contributed by atoms with Crippen LogP contribution in [0.2, 0.25) is 0 Å². The number of carbonyl (C=O) groups excluding carboxylic acids is 1. The zero-order valence-corrected chi connectivity index (χ0v) is 15.9. The summed E-state index contributed by atoms with van der Waals surface area (Å²) in [7, 11) is 0. The number of rotatable bonds is 2. The van der Waals surface area contributed by atoms with E-state index in [0.717, 1.165) is 32.2 Å². The summed E-state index contributed by atoms with van der Waals surface area (Å²) in [5.41, 5.74) is 3.41. The average molecular weight is 410 g/mol. The molecule has 130 valence electrons. The molecule has 6 heteroatoms. The number of fused-ring (bicyclic) bond motifs is 1. The first kappa shape index (κ1) is 16.7. The normalized spacial score (nSPS) is 16.5. The topological polar surface area (TPSA) is 54.8 Å². The molecule has 1 unspecified atom stereocenters. The van der Waals surface area contributed by atoms with Crippen LogP contribution in [-0.2, 0) is 9.53 Å². The Morgan fingerprint density at radius 2 is 1.96 bits per heavy atom. The summed E-state index contributed by atoms with van der Waals surface area (Å²) in [6, 6.07) is 17.4. The number of hydrazone groups is 1. The first-order valence-electron chi connectivity index (χ1n) is 8.20. The van der Waals surface area contributed by atoms with Crippen molar-refractivity contribution in [1.29, 1.82) is 0 Å². The molecule has 5 nitrogen and oxygen atoms in total. The first-order chi connectivity index (χ1) is 12.5. The number of amides is 1. The van der Waals surface area contributed by atoms with E-state index in [1.807, 2.05) is 61.5 Å². The van der Waals surface area contributed by atoms with Crippen molar-refractivity contribution in [3.8, 4) is 0 Å². The molecule has 1 aromatic heterocycles. The lowest BCUT2D eigenvalue weighted by Gasteiger charge is -2.21. The van der Waals surface area contributed by atoms with Crippen LogP contribution in [0.15, 0.2) is 64.2 Å². The molecule has 4 rings (SSSR count). The van der Waals surface area contributed by atoms with E-state index in [4.69, 9.17) is 4.74 Å². The number of carbonyl (C=O) groups is 1. The molecule has 2 aromatic carbocycles. The summed E-state index contributed by atoms with van der Waals surface area (Å²) in [5, 5.41) is 6.76. The van der Waals surface area contributed by atoms with Gasteiger partial charge in [0, 0.05) is 33.6 Å². The Kier molecular flexibility index (Phi) is 4.20. The number of benzene rings is 2. The maximum absolute atomic E-state index is 12.2. The molecule has 1 atom stereocenters. The molecule has 3 aromatic rings. The fourth-order valence-corrected chi connectivity index (χ4v) is 3.45. The SMILES string of the molecule is CC(=O)N1N=C(c2cccc(Br)c2)OC1c1cc(C)nc2ccccc12. The minimum Gasteiger partial charge on any atom is -0.446 e. The van der Waals surface area contributed by atoms with Gasteiger partial charge in [0.2, 0.25) is 18.0 Å². The summed E-state index contributed by atoms with van der Waals surface area (Å²) in [6.07, 6.45) is -0.618. The highest BCUT2D eigenvalue weighted by atomic mass is 79.9. The van der Waals surface area contributed by atoms with Gasteiger partial charge in [-0.25, -0.2) is 0 Å². The summed E-state index contributed by atoms with van der Waals surface area (Å²) in [5.74, 6) is 0.239. The molecule has 0 aliphatic carbocycles. The zero-order chi connectivity index (χ0) is 18.3. The second-order valence-electron chi connectivity index (χ2n) is 6.12. The molecule has 1 aliphatic rings. The van der Waals surface area contributed by atoms with Crippen molar-refractivity contribution in [3.63, 3.8) is 0 Å². The largest absolute Gasteiger partial charge is 0.446 e. The van der Waals surface area contributed by atoms with Crippen molar-refractivity contribution in [3.05, 3.63) is 75.9 Å². The number of ether oxygens (including phenoxy) is 1. The molecule has 0 saturated carbocycles. The maximum atomic E-state index is 12.2. The second-order valence-corrected chi connectivity index (χ2v) is 7.03. The third-order valence-corrected chi connectivity index (χ3v) is 4.67. The molecule has 1 amide bonds. The van der Waals surface area contributed by atoms with Crippen molar-refractivity contribution >= 4 is 38.6 Å². The van der Waals surface area contributed by atoms with Crippen LogP contribution in [0, 0.1) is 6.92 Å². The molecule has 0 N–H and O–H groups in total. The highest BCUT2D eigenvalue weighted by Gasteiger charge is 2.34. The van der Waals surface area contributed by atoms with Crippen molar-refractivity contribution < 1.29 is 9.53 Å². The molecular weight excluding hydrogens is 394 g/mol. The van der Waals surface area contributed by atoms with Gasteiger partial charge in [-0.2, -0.15) is 5.01 Å². The third-order valence-electron chi connectivity index (χ3n) is 4.18. The van der Waals surface area contributed by atoms with E-state index in [2.05, 4.69) is 26.0 Å². The van der Waals surface area contributed by atoms with Crippen molar-refractivity contribution in [2.45, 2.75) is 20.1 Å². The van der Waals surface area contributed by atoms with E-state index >= 15 is 0 Å². The van der Waals surface area contributed by atoms with E-state index in [1.54, 1.807) is 0 Å². The van der Waals surface area contributed by atoms with Crippen molar-refractivity contribution in [1.82, 2.24) is 9.99 Å². The van der Waals surface area contributed by atoms with Gasteiger partial charge >= 0.3 is 0 Å². The van der Waals surface area contributed by atoms with E-state index < -0.39 is 6.23 Å². The first-order valence-corrected chi connectivity index (χ1v) is 8.99. The molecule has 0 spiro atoms. The second kappa shape index (κ2) is 6.53. The van der Waals surface area contributed by atoms with Crippen LogP contribution >= 0.6 is 15.9 Å². The Labute approximate surface area is 159 Å². The van der Waals surface area contributed by atoms with Gasteiger partial charge in [0.25, 0.3) is 0 Å². The number of halogens is 1. The Balaban J connectivity index is 1.82. The quantitative estimate of drug-likeness (QED) is 0.623. The summed E-state index contributed by atoms with van der Waals surface area (Å²) in [6.45, 7) is 3.42. The number of aromatic nitrogens is 1. The van der Waals surface area contributed by atoms with Gasteiger partial charge in [-0.3, -0.25) is 9.78 Å². The van der Waals surface area contributed by atoms with Crippen LogP contribution in [0.3, 0.4) is 0 Å². The van der Waals surface area contributed by atoms with Crippen LogP contribution in [0.1, 0.15) is 30.0 Å². The number of nitrogens with zero attached hydrogens (tertiary/aromatic N) is 3. The lowest BCUT2D eigenvalue weighted by molar-refractivity contribution is -0.135. The van der Waals surface area contributed by atoms with Crippen LogP contribution in [0.25, 0.3) is 10.9 Å². The van der Waals surface area contributed by atoms with Crippen LogP contribution in [-0.4, -0.2) is 21.8 Å². The smallest absolute Gasteiger partial charge is 0.243 e. The Morgan fingerprint density at radius 1 is 1.15 bits per heavy atom. The van der Waals surface area contributed by atoms with Crippen molar-refractivity contribution in [2.75, 3.05) is 0 Å². The summed E-state index contributed by atoms with van der Waals surface area (Å²) in [4.78, 5) is 16.8. The lowest BCUT2D eigenvalue weighted by atomic mass is 10.1. The predicted molar refractivity (Wildman–Crippen MR) is 104 cm³/mol. The van der Waals surface area contributed by atoms with Crippen molar-refractivity contribution in [2.24, 2.45) is 5.10 Å². The minimum absolute atomic E-state index is 0.182. The van der Waals surface area contributed by atoms with Gasteiger partial charge in [0.15, 0.2) is 0 Å². The highest BCUT2D eigenvalue weighted by molar-refractivity contribution is 9.10. The molecule has 0 bridgehead atoms. The van der Waals surface area contributed by atoms with E-state index in [0.29, 0.717) is 5.90 Å². The summed E-state index contributed by atoms with van der Waals surface area (Å²) < 4.78 is 7.05. The van der Waals surface area contributed by atoms with Gasteiger partial charge in [0.1, 0.15) is 0 Å². The number of aryl methyl sites for hydroxylation is 1. The molecular formula is C20H16BrN3O2. The van der Waals surface area contributed by atoms with Gasteiger partial charge in [0.05, 0.1) is 5.52 Å². The molecule has 26 heavy (non-hydrogen) atoms. The maximum Gasteiger partial charge on any atom is 0.243 e. The van der Waals surface area contributed by atoms with Gasteiger partial charge in [-0.1, -0.05) is 40.2 Å². The van der Waals surface area contributed by atoms with Crippen LogP contribution in [0.4, 0.5) is 0 Å². The van der Waals surface area contributed by atoms with Gasteiger partial charge in [-0.05, 0) is 37.3 Å². The number of pyridine rings is 1. The number of hydrogen-bond acceptors (Lipinski definition) is 4. The minimum atomic E-state index is -0.618. The summed E-state index contributed by atoms with van der Waals surface area (Å²) >= 11 is 3.46. The van der Waals surface area contributed by atoms with Gasteiger partial charge < -0.3 is 4.74 Å². The molecule has 2 heterocycles. The Morgan fingerprint density at radius 3 is 2.73 bits per heavy atom. The number of para-hydroxylation sites is 1. The molecule has 0 saturated heterocycles. The molecule has 0 radical (unpaired) electrons. The van der Waals surface area contributed by atoms with Crippen LogP contribution in [0.5, 0.6) is 0 Å².